The third-order valence-corrected chi connectivity index (χ3v) is 3.11. The molecule has 1 N–H and O–H groups in total. The molecule has 0 aliphatic rings. The van der Waals surface area contributed by atoms with Gasteiger partial charge in [-0.3, -0.25) is 0 Å². The molecule has 0 aromatic carbocycles. The summed E-state index contributed by atoms with van der Waals surface area (Å²) in [5, 5.41) is 15.1. The van der Waals surface area contributed by atoms with Crippen molar-refractivity contribution in [1.82, 2.24) is 9.78 Å². The molecule has 0 bridgehead atoms. The molecule has 1 rings (SSSR count). The quantitative estimate of drug-likeness (QED) is 0.883. The highest BCUT2D eigenvalue weighted by molar-refractivity contribution is 5.40. The van der Waals surface area contributed by atoms with E-state index in [1.54, 1.807) is 4.68 Å². The molecule has 0 saturated carbocycles. The minimum absolute atomic E-state index is 0.0441. The van der Waals surface area contributed by atoms with E-state index < -0.39 is 0 Å². The first-order chi connectivity index (χ1) is 8.09. The van der Waals surface area contributed by atoms with E-state index in [1.165, 1.54) is 0 Å². The highest BCUT2D eigenvalue weighted by Gasteiger charge is 2.32. The van der Waals surface area contributed by atoms with E-state index in [9.17, 15) is 5.11 Å². The Bertz CT molecular complexity index is 405. The van der Waals surface area contributed by atoms with Crippen LogP contribution in [0.5, 0.6) is 5.88 Å². The van der Waals surface area contributed by atoms with E-state index in [0.717, 1.165) is 30.6 Å². The second-order valence-electron chi connectivity index (χ2n) is 7.12. The third-order valence-electron chi connectivity index (χ3n) is 3.11. The van der Waals surface area contributed by atoms with E-state index in [2.05, 4.69) is 53.6 Å². The first kappa shape index (κ1) is 15.1. The Morgan fingerprint density at radius 3 is 1.94 bits per heavy atom. The average Bonchev–Trinajstić information content (AvgIpc) is 2.51. The minimum Gasteiger partial charge on any atom is -0.493 e. The molecule has 0 saturated heterocycles. The molecule has 0 atom stereocenters. The highest BCUT2D eigenvalue weighted by atomic mass is 16.3. The molecule has 0 radical (unpaired) electrons. The maximum Gasteiger partial charge on any atom is 0.213 e. The Labute approximate surface area is 111 Å². The normalized spacial score (nSPS) is 13.1. The maximum absolute atomic E-state index is 10.4. The smallest absolute Gasteiger partial charge is 0.213 e. The molecule has 0 spiro atoms. The minimum atomic E-state index is -0.0861. The van der Waals surface area contributed by atoms with Crippen LogP contribution in [0.25, 0.3) is 0 Å². The van der Waals surface area contributed by atoms with Crippen molar-refractivity contribution in [2.45, 2.75) is 78.7 Å². The predicted molar refractivity (Wildman–Crippen MR) is 76.2 cm³/mol. The monoisotopic (exact) mass is 252 g/mol. The van der Waals surface area contributed by atoms with Gasteiger partial charge in [0, 0.05) is 17.5 Å². The van der Waals surface area contributed by atoms with Gasteiger partial charge in [-0.2, -0.15) is 5.10 Å². The number of hydrogen-bond acceptors (Lipinski definition) is 2. The summed E-state index contributed by atoms with van der Waals surface area (Å²) in [5.41, 5.74) is 1.88. The van der Waals surface area contributed by atoms with E-state index in [0.29, 0.717) is 5.88 Å². The molecule has 3 heteroatoms. The number of hydrogen-bond donors (Lipinski definition) is 1. The molecular weight excluding hydrogens is 224 g/mol. The Morgan fingerprint density at radius 2 is 1.61 bits per heavy atom. The van der Waals surface area contributed by atoms with Gasteiger partial charge in [0.15, 0.2) is 0 Å². The summed E-state index contributed by atoms with van der Waals surface area (Å²) in [6.07, 6.45) is 2.15. The Hall–Kier alpha value is -0.990. The van der Waals surface area contributed by atoms with E-state index >= 15 is 0 Å². The number of aryl methyl sites for hydroxylation is 1. The summed E-state index contributed by atoms with van der Waals surface area (Å²) in [5.74, 6) is 0.348. The molecule has 0 aliphatic carbocycles. The average molecular weight is 252 g/mol. The molecule has 0 aliphatic heterocycles. The van der Waals surface area contributed by atoms with Crippen LogP contribution >= 0.6 is 0 Å². The SMILES string of the molecule is CCCCn1nc(C(C)(C)C)c(C(C)(C)C)c1O. The van der Waals surface area contributed by atoms with Crippen LogP contribution in [0.4, 0.5) is 0 Å². The molecular formula is C15H28N2O. The summed E-state index contributed by atoms with van der Waals surface area (Å²) in [6, 6.07) is 0. The summed E-state index contributed by atoms with van der Waals surface area (Å²) < 4.78 is 1.77. The van der Waals surface area contributed by atoms with Crippen LogP contribution in [0.2, 0.25) is 0 Å². The van der Waals surface area contributed by atoms with Crippen molar-refractivity contribution in [3.63, 3.8) is 0 Å². The zero-order valence-electron chi connectivity index (χ0n) is 13.0. The number of rotatable bonds is 3. The lowest BCUT2D eigenvalue weighted by molar-refractivity contribution is 0.380. The van der Waals surface area contributed by atoms with Gasteiger partial charge in [0.25, 0.3) is 0 Å². The fourth-order valence-electron chi connectivity index (χ4n) is 2.13. The maximum atomic E-state index is 10.4. The second-order valence-corrected chi connectivity index (χ2v) is 7.12. The molecule has 0 unspecified atom stereocenters. The molecule has 1 aromatic heterocycles. The van der Waals surface area contributed by atoms with Crippen molar-refractivity contribution >= 4 is 0 Å². The van der Waals surface area contributed by atoms with Crippen LogP contribution in [0.15, 0.2) is 0 Å². The number of nitrogens with zero attached hydrogens (tertiary/aromatic N) is 2. The van der Waals surface area contributed by atoms with Crippen LogP contribution in [0.1, 0.15) is 72.6 Å². The summed E-state index contributed by atoms with van der Waals surface area (Å²) in [7, 11) is 0. The number of aromatic nitrogens is 2. The van der Waals surface area contributed by atoms with Gasteiger partial charge in [-0.1, -0.05) is 54.9 Å². The largest absolute Gasteiger partial charge is 0.493 e. The van der Waals surface area contributed by atoms with Crippen LogP contribution in [-0.2, 0) is 17.4 Å². The Kier molecular flexibility index (Phi) is 4.14. The Morgan fingerprint density at radius 1 is 1.06 bits per heavy atom. The standard InChI is InChI=1S/C15H28N2O/c1-8-9-10-17-13(18)11(14(2,3)4)12(16-17)15(5,6)7/h18H,8-10H2,1-7H3. The summed E-state index contributed by atoms with van der Waals surface area (Å²) in [6.45, 7) is 15.8. The fraction of sp³-hybridized carbons (Fsp3) is 0.800. The number of aromatic hydroxyl groups is 1. The van der Waals surface area contributed by atoms with Gasteiger partial charge in [0.1, 0.15) is 0 Å². The lowest BCUT2D eigenvalue weighted by Gasteiger charge is -2.24. The molecule has 3 nitrogen and oxygen atoms in total. The van der Waals surface area contributed by atoms with E-state index in [-0.39, 0.29) is 10.8 Å². The molecule has 104 valence electrons. The fourth-order valence-corrected chi connectivity index (χ4v) is 2.13. The molecule has 1 heterocycles. The number of unbranched alkanes of at least 4 members (excludes halogenated alkanes) is 1. The van der Waals surface area contributed by atoms with Gasteiger partial charge in [-0.05, 0) is 11.8 Å². The topological polar surface area (TPSA) is 38.0 Å². The molecule has 0 fully saturated rings. The first-order valence-electron chi connectivity index (χ1n) is 6.89. The highest BCUT2D eigenvalue weighted by Crippen LogP contribution is 2.39. The van der Waals surface area contributed by atoms with Crippen LogP contribution in [0, 0.1) is 0 Å². The second kappa shape index (κ2) is 4.94. The van der Waals surface area contributed by atoms with Gasteiger partial charge in [-0.25, -0.2) is 4.68 Å². The molecule has 1 aromatic rings. The molecule has 0 amide bonds. The lowest BCUT2D eigenvalue weighted by atomic mass is 9.79. The predicted octanol–water partition coefficient (Wildman–Crippen LogP) is 3.98. The lowest BCUT2D eigenvalue weighted by Crippen LogP contribution is -2.21. The summed E-state index contributed by atoms with van der Waals surface area (Å²) >= 11 is 0. The van der Waals surface area contributed by atoms with Crippen LogP contribution < -0.4 is 0 Å². The van der Waals surface area contributed by atoms with E-state index in [4.69, 9.17) is 0 Å². The van der Waals surface area contributed by atoms with E-state index in [1.807, 2.05) is 0 Å². The summed E-state index contributed by atoms with van der Waals surface area (Å²) in [4.78, 5) is 0. The van der Waals surface area contributed by atoms with Crippen LogP contribution in [-0.4, -0.2) is 14.9 Å². The van der Waals surface area contributed by atoms with Crippen molar-refractivity contribution in [3.8, 4) is 5.88 Å². The van der Waals surface area contributed by atoms with Crippen molar-refractivity contribution in [1.29, 1.82) is 0 Å². The van der Waals surface area contributed by atoms with Gasteiger partial charge >= 0.3 is 0 Å². The van der Waals surface area contributed by atoms with Gasteiger partial charge < -0.3 is 5.11 Å². The van der Waals surface area contributed by atoms with Crippen molar-refractivity contribution < 1.29 is 5.11 Å². The van der Waals surface area contributed by atoms with Crippen LogP contribution in [0.3, 0.4) is 0 Å². The van der Waals surface area contributed by atoms with Gasteiger partial charge in [0.05, 0.1) is 5.69 Å². The van der Waals surface area contributed by atoms with Crippen molar-refractivity contribution in [2.75, 3.05) is 0 Å². The first-order valence-corrected chi connectivity index (χ1v) is 6.89. The molecule has 18 heavy (non-hydrogen) atoms. The van der Waals surface area contributed by atoms with Gasteiger partial charge in [-0.15, -0.1) is 0 Å². The third kappa shape index (κ3) is 3.06. The zero-order chi connectivity index (χ0) is 14.1. The van der Waals surface area contributed by atoms with Crippen molar-refractivity contribution in [3.05, 3.63) is 11.3 Å². The zero-order valence-corrected chi connectivity index (χ0v) is 13.0. The Balaban J connectivity index is 3.33. The van der Waals surface area contributed by atoms with Gasteiger partial charge in [0.2, 0.25) is 5.88 Å². The van der Waals surface area contributed by atoms with Crippen molar-refractivity contribution in [2.24, 2.45) is 0 Å².